The molecule has 2 fully saturated rings. The summed E-state index contributed by atoms with van der Waals surface area (Å²) in [6.45, 7) is 8.25. The molecule has 1 unspecified atom stereocenters. The molecule has 0 radical (unpaired) electrons. The number of nitrogens with zero attached hydrogens (tertiary/aromatic N) is 4. The zero-order valence-electron chi connectivity index (χ0n) is 23.0. The Balaban J connectivity index is 1.03. The molecule has 0 N–H and O–H groups in total. The normalized spacial score (nSPS) is 22.4. The number of amides is 1. The van der Waals surface area contributed by atoms with Crippen LogP contribution in [0.1, 0.15) is 35.7 Å². The number of benzene rings is 3. The van der Waals surface area contributed by atoms with Gasteiger partial charge in [0.05, 0.1) is 23.9 Å². The Morgan fingerprint density at radius 3 is 2.55 bits per heavy atom. The van der Waals surface area contributed by atoms with Gasteiger partial charge in [0.25, 0.3) is 5.91 Å². The maximum Gasteiger partial charge on any atom is 0.256 e. The van der Waals surface area contributed by atoms with E-state index in [1.807, 2.05) is 41.4 Å². The van der Waals surface area contributed by atoms with Crippen molar-refractivity contribution in [1.82, 2.24) is 14.7 Å². The van der Waals surface area contributed by atoms with Crippen LogP contribution in [0, 0.1) is 0 Å². The van der Waals surface area contributed by atoms with Gasteiger partial charge in [0.2, 0.25) is 6.79 Å². The van der Waals surface area contributed by atoms with Gasteiger partial charge in [-0.25, -0.2) is 0 Å². The minimum absolute atomic E-state index is 0.0475. The number of carbonyl (C=O) groups is 1. The zero-order chi connectivity index (χ0) is 27.3. The Morgan fingerprint density at radius 1 is 0.925 bits per heavy atom. The molecule has 1 atom stereocenters. The van der Waals surface area contributed by atoms with E-state index < -0.39 is 0 Å². The minimum atomic E-state index is -0.317. The van der Waals surface area contributed by atoms with E-state index in [-0.39, 0.29) is 11.4 Å². The minimum Gasteiger partial charge on any atom is -0.493 e. The predicted molar refractivity (Wildman–Crippen MR) is 152 cm³/mol. The third-order valence-electron chi connectivity index (χ3n) is 8.59. The molecule has 4 aliphatic heterocycles. The van der Waals surface area contributed by atoms with E-state index >= 15 is 0 Å². The van der Waals surface area contributed by atoms with E-state index in [1.54, 1.807) is 7.11 Å². The number of hydrogen-bond donors (Lipinski definition) is 0. The molecule has 3 aromatic carbocycles. The van der Waals surface area contributed by atoms with E-state index in [0.717, 1.165) is 74.4 Å². The number of carbonyl (C=O) groups excluding carboxylic acids is 1. The molecule has 40 heavy (non-hydrogen) atoms. The molecule has 7 rings (SSSR count). The summed E-state index contributed by atoms with van der Waals surface area (Å²) >= 11 is 0. The molecular weight excluding hydrogens is 508 g/mol. The summed E-state index contributed by atoms with van der Waals surface area (Å²) in [4.78, 5) is 24.9. The standard InChI is InChI=1S/C31H34N4O5/c1-31-6-3-7-35(31)30(36)24-13-22-16-29(27(37-2)15-23(22)14-25(24)32-18-31)38-19-34-10-8-33(9-11-34)17-21-4-5-26-28(12-21)40-20-39-26/h4-5,12-16,18H,3,6-11,17,19-20H2,1-2H3. The smallest absolute Gasteiger partial charge is 0.256 e. The Morgan fingerprint density at radius 2 is 1.70 bits per heavy atom. The molecule has 9 heteroatoms. The summed E-state index contributed by atoms with van der Waals surface area (Å²) < 4.78 is 22.9. The topological polar surface area (TPSA) is 76.1 Å². The van der Waals surface area contributed by atoms with Crippen molar-refractivity contribution in [2.75, 3.05) is 53.4 Å². The highest BCUT2D eigenvalue weighted by molar-refractivity contribution is 6.07. The Bertz CT molecular complexity index is 1500. The molecule has 3 aromatic rings. The highest BCUT2D eigenvalue weighted by Gasteiger charge is 2.41. The second-order valence-electron chi connectivity index (χ2n) is 11.3. The number of methoxy groups -OCH3 is 1. The molecule has 1 amide bonds. The first-order chi connectivity index (χ1) is 19.5. The van der Waals surface area contributed by atoms with Crippen molar-refractivity contribution in [3.05, 3.63) is 53.6 Å². The van der Waals surface area contributed by atoms with Crippen molar-refractivity contribution >= 4 is 28.6 Å². The van der Waals surface area contributed by atoms with E-state index in [1.165, 1.54) is 5.56 Å². The van der Waals surface area contributed by atoms with E-state index in [2.05, 4.69) is 28.9 Å². The van der Waals surface area contributed by atoms with Crippen LogP contribution in [0.25, 0.3) is 10.8 Å². The van der Waals surface area contributed by atoms with Gasteiger partial charge in [0.15, 0.2) is 23.0 Å². The van der Waals surface area contributed by atoms with Gasteiger partial charge in [0, 0.05) is 45.5 Å². The fourth-order valence-electron chi connectivity index (χ4n) is 6.19. The molecule has 0 aromatic heterocycles. The Hall–Kier alpha value is -3.82. The number of aliphatic imine (C=N–C) groups is 1. The first-order valence-corrected chi connectivity index (χ1v) is 14.0. The first-order valence-electron chi connectivity index (χ1n) is 14.0. The van der Waals surface area contributed by atoms with Gasteiger partial charge in [-0.3, -0.25) is 19.6 Å². The summed E-state index contributed by atoms with van der Waals surface area (Å²) in [5.41, 5.74) is 2.26. The van der Waals surface area contributed by atoms with Gasteiger partial charge in [-0.1, -0.05) is 6.07 Å². The highest BCUT2D eigenvalue weighted by atomic mass is 16.7. The van der Waals surface area contributed by atoms with Crippen LogP contribution >= 0.6 is 0 Å². The van der Waals surface area contributed by atoms with Crippen LogP contribution in [-0.2, 0) is 6.54 Å². The van der Waals surface area contributed by atoms with Gasteiger partial charge < -0.3 is 23.8 Å². The highest BCUT2D eigenvalue weighted by Crippen LogP contribution is 2.40. The number of hydrogen-bond acceptors (Lipinski definition) is 8. The summed E-state index contributed by atoms with van der Waals surface area (Å²) in [5.74, 6) is 3.04. The van der Waals surface area contributed by atoms with Gasteiger partial charge >= 0.3 is 0 Å². The molecule has 0 aliphatic carbocycles. The van der Waals surface area contributed by atoms with Gasteiger partial charge in [0.1, 0.15) is 6.73 Å². The number of piperazine rings is 1. The lowest BCUT2D eigenvalue weighted by Gasteiger charge is -2.34. The zero-order valence-corrected chi connectivity index (χ0v) is 23.0. The predicted octanol–water partition coefficient (Wildman–Crippen LogP) is 4.44. The number of rotatable bonds is 6. The largest absolute Gasteiger partial charge is 0.493 e. The molecule has 208 valence electrons. The monoisotopic (exact) mass is 542 g/mol. The molecule has 0 saturated carbocycles. The second kappa shape index (κ2) is 9.98. The molecule has 4 heterocycles. The molecule has 9 nitrogen and oxygen atoms in total. The van der Waals surface area contributed by atoms with Crippen LogP contribution in [-0.4, -0.2) is 85.7 Å². The molecule has 0 bridgehead atoms. The van der Waals surface area contributed by atoms with Crippen LogP contribution in [0.3, 0.4) is 0 Å². The number of ether oxygens (including phenoxy) is 4. The van der Waals surface area contributed by atoms with Crippen LogP contribution in [0.5, 0.6) is 23.0 Å². The van der Waals surface area contributed by atoms with Crippen molar-refractivity contribution in [2.24, 2.45) is 4.99 Å². The van der Waals surface area contributed by atoms with Gasteiger partial charge in [-0.05, 0) is 72.5 Å². The van der Waals surface area contributed by atoms with Crippen molar-refractivity contribution in [2.45, 2.75) is 31.8 Å². The van der Waals surface area contributed by atoms with Crippen molar-refractivity contribution < 1.29 is 23.7 Å². The Kier molecular flexibility index (Phi) is 6.28. The lowest BCUT2D eigenvalue weighted by Crippen LogP contribution is -2.47. The fraction of sp³-hybridized carbons (Fsp3) is 0.419. The van der Waals surface area contributed by atoms with Crippen LogP contribution in [0.4, 0.5) is 5.69 Å². The first kappa shape index (κ1) is 25.2. The maximum atomic E-state index is 13.5. The second-order valence-corrected chi connectivity index (χ2v) is 11.3. The maximum absolute atomic E-state index is 13.5. The fourth-order valence-corrected chi connectivity index (χ4v) is 6.19. The third kappa shape index (κ3) is 4.53. The molecular formula is C31H34N4O5. The van der Waals surface area contributed by atoms with Crippen molar-refractivity contribution in [1.29, 1.82) is 0 Å². The van der Waals surface area contributed by atoms with Crippen LogP contribution < -0.4 is 18.9 Å². The van der Waals surface area contributed by atoms with E-state index in [4.69, 9.17) is 23.9 Å². The lowest BCUT2D eigenvalue weighted by atomic mass is 10.0. The SMILES string of the molecule is COc1cc2cc3c(cc2cc1OCN1CCN(Cc2ccc4c(c2)OCO4)CC1)C(=O)N1CCCC1(C)C=N3. The van der Waals surface area contributed by atoms with Crippen molar-refractivity contribution in [3.63, 3.8) is 0 Å². The molecule has 2 saturated heterocycles. The third-order valence-corrected chi connectivity index (χ3v) is 8.59. The average Bonchev–Trinajstić information content (AvgIpc) is 3.58. The van der Waals surface area contributed by atoms with E-state index in [0.29, 0.717) is 36.3 Å². The van der Waals surface area contributed by atoms with Crippen LogP contribution in [0.2, 0.25) is 0 Å². The lowest BCUT2D eigenvalue weighted by molar-refractivity contribution is 0.0623. The molecule has 0 spiro atoms. The van der Waals surface area contributed by atoms with Gasteiger partial charge in [-0.15, -0.1) is 0 Å². The summed E-state index contributed by atoms with van der Waals surface area (Å²) in [6, 6.07) is 14.1. The van der Waals surface area contributed by atoms with Crippen molar-refractivity contribution in [3.8, 4) is 23.0 Å². The van der Waals surface area contributed by atoms with E-state index in [9.17, 15) is 4.79 Å². The van der Waals surface area contributed by atoms with Crippen LogP contribution in [0.15, 0.2) is 47.5 Å². The summed E-state index contributed by atoms with van der Waals surface area (Å²) in [7, 11) is 1.66. The quantitative estimate of drug-likeness (QED) is 0.456. The van der Waals surface area contributed by atoms with Gasteiger partial charge in [-0.2, -0.15) is 0 Å². The average molecular weight is 543 g/mol. The Labute approximate surface area is 233 Å². The summed E-state index contributed by atoms with van der Waals surface area (Å²) in [5, 5.41) is 1.91. The summed E-state index contributed by atoms with van der Waals surface area (Å²) in [6.07, 6.45) is 3.88. The molecule has 4 aliphatic rings. The number of fused-ring (bicyclic) bond motifs is 4.